The van der Waals surface area contributed by atoms with Crippen molar-refractivity contribution >= 4 is 110 Å². The second-order valence-corrected chi connectivity index (χ2v) is 22.3. The molecule has 0 radical (unpaired) electrons. The number of anilines is 4. The molecule has 1 N–H and O–H groups in total. The second-order valence-electron chi connectivity index (χ2n) is 22.3. The molecular formula is C65H85N13O5S4. The quantitative estimate of drug-likeness (QED) is 0.0813. The summed E-state index contributed by atoms with van der Waals surface area (Å²) < 4.78 is 60.6. The fourth-order valence-electron chi connectivity index (χ4n) is 12.7. The Labute approximate surface area is 551 Å². The molecule has 18 nitrogen and oxygen atoms in total. The van der Waals surface area contributed by atoms with E-state index in [1.165, 1.54) is 44.1 Å². The van der Waals surface area contributed by atoms with E-state index in [4.69, 9.17) is 52.2 Å². The number of aromatic nitrogens is 4. The average Bonchev–Trinajstić information content (AvgIpc) is 0.868. The molecular weight excluding hydrogens is 1170 g/mol. The van der Waals surface area contributed by atoms with E-state index >= 15 is 0 Å². The molecule has 464 valence electrons. The molecule has 4 atom stereocenters. The van der Waals surface area contributed by atoms with Crippen LogP contribution in [0.4, 0.5) is 23.0 Å². The second kappa shape index (κ2) is 32.9. The summed E-state index contributed by atoms with van der Waals surface area (Å²) in [6, 6.07) is 29.4. The van der Waals surface area contributed by atoms with Crippen LogP contribution in [0, 0.1) is 19.1 Å². The Morgan fingerprint density at radius 2 is 1.13 bits per heavy atom. The molecule has 12 rings (SSSR count). The highest BCUT2D eigenvalue weighted by molar-refractivity contribution is 7.59. The van der Waals surface area contributed by atoms with Crippen molar-refractivity contribution in [2.45, 2.75) is 82.6 Å². The molecule has 6 aliphatic heterocycles. The van der Waals surface area contributed by atoms with Crippen LogP contribution in [0.2, 0.25) is 0 Å². The normalized spacial score (nSPS) is 20.7. The molecule has 0 bridgehead atoms. The number of ether oxygens (including phenoxy) is 2. The summed E-state index contributed by atoms with van der Waals surface area (Å²) in [4.78, 5) is 65.6. The van der Waals surface area contributed by atoms with Gasteiger partial charge in [0.15, 0.2) is 0 Å². The number of benzene rings is 4. The zero-order chi connectivity index (χ0) is 63.4. The number of amides is 1. The number of piperazine rings is 1. The summed E-state index contributed by atoms with van der Waals surface area (Å²) in [5.74, 6) is 0.248. The smallest absolute Gasteiger partial charge is 0.327 e. The van der Waals surface area contributed by atoms with E-state index in [1.54, 1.807) is 0 Å². The molecule has 0 unspecified atom stereocenters. The van der Waals surface area contributed by atoms with Crippen molar-refractivity contribution in [2.24, 2.45) is 5.92 Å². The van der Waals surface area contributed by atoms with Gasteiger partial charge in [0.2, 0.25) is 19.0 Å². The Morgan fingerprint density at radius 1 is 0.621 bits per heavy atom. The topological polar surface area (TPSA) is 156 Å². The number of hydrogen-bond donors (Lipinski definition) is 1. The Morgan fingerprint density at radius 3 is 1.61 bits per heavy atom. The number of fused-ring (bicyclic) bond motifs is 4. The molecule has 0 saturated carbocycles. The Bertz CT molecular complexity index is 3720. The molecule has 8 heterocycles. The molecule has 87 heavy (non-hydrogen) atoms. The fourth-order valence-corrected chi connectivity index (χ4v) is 12.7. The first-order valence-electron chi connectivity index (χ1n) is 32.4. The number of likely N-dealkylation sites (tertiary alicyclic amines) is 2. The lowest BCUT2D eigenvalue weighted by molar-refractivity contribution is -0.131. The monoisotopic (exact) mass is 1260 g/mol. The molecule has 0 aliphatic carbocycles. The number of likely N-dealkylation sites (N-methyl/N-ethyl adjacent to an activating group) is 2. The summed E-state index contributed by atoms with van der Waals surface area (Å²) in [6.07, 6.45) is 8.45. The SMILES string of the molecule is S.S.S.S.[2H]C([2H])=C([2H])C(=O)N1CCN(c2nc(OC[C@@H]3CCCN3C)nc3c2CCN(c2cccc4ccccc24)C3)C[C@@H]1C[N+]#[C-].[2H]OC(=O)C([2H])=C([2H])[2H].[C-]#[N+]C[C@@H]1CCCN(c2nc(OC[C@@H]3CCCN3C)nc3c2CCN(c2cccc4ccccc24)C3)C1. The van der Waals surface area contributed by atoms with Crippen LogP contribution in [0.15, 0.2) is 110 Å². The lowest BCUT2D eigenvalue weighted by Crippen LogP contribution is -2.56. The van der Waals surface area contributed by atoms with Gasteiger partial charge in [-0.25, -0.2) is 17.9 Å². The zero-order valence-electron chi connectivity index (χ0n) is 56.5. The van der Waals surface area contributed by atoms with E-state index in [0.29, 0.717) is 69.4 Å². The third-order valence-corrected chi connectivity index (χ3v) is 17.1. The van der Waals surface area contributed by atoms with Crippen molar-refractivity contribution in [1.82, 2.24) is 34.6 Å². The van der Waals surface area contributed by atoms with Crippen molar-refractivity contribution < 1.29 is 32.4 Å². The number of carboxylic acid groups (broad SMARTS) is 1. The predicted octanol–water partition coefficient (Wildman–Crippen LogP) is 9.30. The van der Waals surface area contributed by atoms with Crippen LogP contribution in [0.1, 0.15) is 69.3 Å². The highest BCUT2D eigenvalue weighted by atomic mass is 32.1. The number of hydrogen-bond acceptors (Lipinski definition) is 15. The van der Waals surface area contributed by atoms with Gasteiger partial charge < -0.3 is 58.6 Å². The third-order valence-electron chi connectivity index (χ3n) is 17.1. The largest absolute Gasteiger partial charge is 0.478 e. The van der Waals surface area contributed by atoms with E-state index < -0.39 is 43.1 Å². The summed E-state index contributed by atoms with van der Waals surface area (Å²) in [7, 11) is 4.29. The summed E-state index contributed by atoms with van der Waals surface area (Å²) in [5, 5.41) is 8.23. The maximum atomic E-state index is 12.9. The van der Waals surface area contributed by atoms with Gasteiger partial charge in [0.1, 0.15) is 30.9 Å². The van der Waals surface area contributed by atoms with Crippen molar-refractivity contribution in [3.05, 3.63) is 155 Å². The molecule has 6 aliphatic rings. The van der Waals surface area contributed by atoms with Gasteiger partial charge in [-0.1, -0.05) is 85.9 Å². The van der Waals surface area contributed by atoms with E-state index in [0.717, 1.165) is 125 Å². The van der Waals surface area contributed by atoms with Gasteiger partial charge in [0.05, 0.1) is 32.7 Å². The van der Waals surface area contributed by atoms with Crippen LogP contribution in [-0.2, 0) is 35.5 Å². The molecule has 4 aromatic carbocycles. The highest BCUT2D eigenvalue weighted by Gasteiger charge is 2.36. The number of carbonyl (C=O) groups is 2. The maximum absolute atomic E-state index is 12.9. The Kier molecular flexibility index (Phi) is 22.3. The lowest BCUT2D eigenvalue weighted by atomic mass is 9.96. The number of carbonyl (C=O) groups excluding carboxylic acids is 1. The number of rotatable bonds is 14. The minimum Gasteiger partial charge on any atom is -0.478 e. The number of carboxylic acids is 1. The van der Waals surface area contributed by atoms with Gasteiger partial charge in [-0.2, -0.15) is 73.9 Å². The van der Waals surface area contributed by atoms with Crippen molar-refractivity contribution in [3.8, 4) is 12.0 Å². The van der Waals surface area contributed by atoms with Gasteiger partial charge in [-0.3, -0.25) is 4.79 Å². The van der Waals surface area contributed by atoms with Gasteiger partial charge >= 0.3 is 18.0 Å². The summed E-state index contributed by atoms with van der Waals surface area (Å²) in [6.45, 7) is 23.1. The van der Waals surface area contributed by atoms with Gasteiger partial charge in [0.25, 0.3) is 1.43 Å². The molecule has 1 amide bonds. The van der Waals surface area contributed by atoms with E-state index in [-0.39, 0.29) is 67.1 Å². The van der Waals surface area contributed by atoms with E-state index in [2.05, 4.69) is 143 Å². The van der Waals surface area contributed by atoms with Crippen LogP contribution >= 0.6 is 54.0 Å². The van der Waals surface area contributed by atoms with Crippen LogP contribution in [-0.4, -0.2) is 169 Å². The number of aliphatic carboxylic acids is 1. The fraction of sp³-hybridized carbons (Fsp3) is 0.446. The number of piperidine rings is 1. The van der Waals surface area contributed by atoms with Crippen molar-refractivity contribution in [1.29, 1.82) is 1.43 Å². The minimum absolute atomic E-state index is 0. The average molecular weight is 1260 g/mol. The van der Waals surface area contributed by atoms with E-state index in [1.807, 2.05) is 0 Å². The van der Waals surface area contributed by atoms with Crippen LogP contribution in [0.3, 0.4) is 0 Å². The Hall–Kier alpha value is -6.92. The minimum atomic E-state index is -1.28. The first-order chi connectivity index (χ1) is 43.6. The molecule has 22 heteroatoms. The van der Waals surface area contributed by atoms with Crippen LogP contribution in [0.5, 0.6) is 12.0 Å². The maximum Gasteiger partial charge on any atom is 0.327 e. The van der Waals surface area contributed by atoms with Crippen LogP contribution < -0.4 is 29.1 Å². The van der Waals surface area contributed by atoms with Crippen molar-refractivity contribution in [3.63, 3.8) is 0 Å². The standard InChI is InChI=1S/C32H37N7O2.C30H36N6O.C3H4O2.4H2S/c1-4-30(40)39-18-17-38(20-25(39)19-33-2)31-27-14-16-37(29-13-7-10-23-9-5-6-12-26(23)29)21-28(27)34-32(35-31)41-22-24-11-8-15-36(24)3;1-31-18-22-8-6-16-36(19-22)29-26-14-17-35(28-13-5-10-23-9-3-4-12-25(23)28)20-27(26)32-30(33-29)37-21-24-11-7-15-34(24)2;1-2-3(4)5;;;;/h4-7,9-10,12-13,24-25H,1,8,11,14-22H2,3H3;3-5,9-10,12-13,22,24H,6-8,11,14-21H2,2H3;2H,1H2,(H,4,5);4*1H2/t24-,25-;22-,24-;;;;;/m00...../s1/i1D2,4D;;1D2,2D;;;;/hD. The predicted molar refractivity (Wildman–Crippen MR) is 369 cm³/mol. The molecule has 6 aromatic rings. The molecule has 2 aromatic heterocycles. The molecule has 0 spiro atoms. The Balaban J connectivity index is 0.000000256. The summed E-state index contributed by atoms with van der Waals surface area (Å²) >= 11 is 0. The lowest BCUT2D eigenvalue weighted by Gasteiger charge is -2.41. The van der Waals surface area contributed by atoms with Crippen molar-refractivity contribution in [2.75, 3.05) is 119 Å². The zero-order valence-corrected chi connectivity index (χ0v) is 53.5. The van der Waals surface area contributed by atoms with Gasteiger partial charge in [-0.05, 0) is 108 Å². The molecule has 4 saturated heterocycles. The van der Waals surface area contributed by atoms with E-state index in [9.17, 15) is 9.59 Å². The van der Waals surface area contributed by atoms with Crippen LogP contribution in [0.25, 0.3) is 32.7 Å². The molecule has 4 fully saturated rings. The number of nitrogens with zero attached hydrogens (tertiary/aromatic N) is 13. The van der Waals surface area contributed by atoms with Gasteiger partial charge in [0, 0.05) is 103 Å². The first-order valence-corrected chi connectivity index (χ1v) is 29.0. The van der Waals surface area contributed by atoms with Gasteiger partial charge in [-0.15, -0.1) is 0 Å². The first kappa shape index (κ1) is 59.1. The summed E-state index contributed by atoms with van der Waals surface area (Å²) in [5.41, 5.74) is 6.71. The highest BCUT2D eigenvalue weighted by Crippen LogP contribution is 2.38. The third kappa shape index (κ3) is 16.6.